The van der Waals surface area contributed by atoms with E-state index in [0.717, 1.165) is 64.8 Å². The molecule has 5 aromatic carbocycles. The maximum absolute atomic E-state index is 11.0. The molecule has 228 valence electrons. The molecule has 0 fully saturated rings. The molecule has 45 heavy (non-hydrogen) atoms. The van der Waals surface area contributed by atoms with Gasteiger partial charge in [-0.05, 0) is 103 Å². The molecule has 0 saturated carbocycles. The van der Waals surface area contributed by atoms with Crippen LogP contribution in [0.5, 0.6) is 5.75 Å². The lowest BCUT2D eigenvalue weighted by Crippen LogP contribution is -2.10. The molecule has 0 bridgehead atoms. The highest BCUT2D eigenvalue weighted by molar-refractivity contribution is 5.79. The van der Waals surface area contributed by atoms with Gasteiger partial charge in [-0.3, -0.25) is 20.2 Å². The smallest absolute Gasteiger partial charge is 0.269 e. The second-order valence-corrected chi connectivity index (χ2v) is 10.3. The molecule has 2 N–H and O–H groups in total. The van der Waals surface area contributed by atoms with Gasteiger partial charge in [0.1, 0.15) is 5.75 Å². The van der Waals surface area contributed by atoms with Crippen LogP contribution in [-0.4, -0.2) is 16.5 Å². The second-order valence-electron chi connectivity index (χ2n) is 10.3. The fraction of sp³-hybridized carbons (Fsp3) is 0.143. The van der Waals surface area contributed by atoms with E-state index >= 15 is 0 Å². The number of hydrogen-bond donors (Lipinski definition) is 2. The lowest BCUT2D eigenvalue weighted by molar-refractivity contribution is -0.385. The van der Waals surface area contributed by atoms with Crippen molar-refractivity contribution in [3.05, 3.63) is 142 Å². The minimum atomic E-state index is -0.420. The van der Waals surface area contributed by atoms with Gasteiger partial charge in [0.05, 0.1) is 16.5 Å². The molecular weight excluding hydrogens is 570 g/mol. The molecule has 10 nitrogen and oxygen atoms in total. The van der Waals surface area contributed by atoms with Crippen LogP contribution >= 0.6 is 0 Å². The first kappa shape index (κ1) is 30.6. The Morgan fingerprint density at radius 3 is 1.27 bits per heavy atom. The van der Waals surface area contributed by atoms with Crippen molar-refractivity contribution < 1.29 is 14.6 Å². The Labute approximate surface area is 261 Å². The van der Waals surface area contributed by atoms with Crippen LogP contribution in [0.4, 0.5) is 51.2 Å². The van der Waals surface area contributed by atoms with E-state index in [4.69, 9.17) is 4.74 Å². The Bertz CT molecular complexity index is 1610. The van der Waals surface area contributed by atoms with Gasteiger partial charge in [0.25, 0.3) is 11.4 Å². The van der Waals surface area contributed by atoms with Crippen molar-refractivity contribution in [1.29, 1.82) is 0 Å². The summed E-state index contributed by atoms with van der Waals surface area (Å²) in [6.07, 6.45) is 3.29. The van der Waals surface area contributed by atoms with E-state index in [9.17, 15) is 20.2 Å². The predicted octanol–water partition coefficient (Wildman–Crippen LogP) is 10.0. The molecule has 0 unspecified atom stereocenters. The number of benzene rings is 5. The molecule has 5 aromatic rings. The van der Waals surface area contributed by atoms with E-state index in [0.29, 0.717) is 6.61 Å². The third-order valence-electron chi connectivity index (χ3n) is 7.10. The first-order valence-electron chi connectivity index (χ1n) is 14.7. The normalized spacial score (nSPS) is 10.6. The number of ether oxygens (including phenoxy) is 1. The minimum absolute atomic E-state index is 0.0397. The molecular formula is C35H33N5O5. The van der Waals surface area contributed by atoms with Crippen molar-refractivity contribution in [3.8, 4) is 5.75 Å². The zero-order valence-electron chi connectivity index (χ0n) is 24.8. The third-order valence-corrected chi connectivity index (χ3v) is 7.10. The summed E-state index contributed by atoms with van der Waals surface area (Å²) in [6, 6.07) is 36.4. The van der Waals surface area contributed by atoms with Crippen LogP contribution in [0.15, 0.2) is 121 Å². The number of nitro groups is 2. The molecule has 0 saturated heterocycles. The molecule has 5 rings (SSSR count). The maximum atomic E-state index is 11.0. The van der Waals surface area contributed by atoms with Crippen LogP contribution in [0.2, 0.25) is 0 Å². The Morgan fingerprint density at radius 1 is 0.556 bits per heavy atom. The minimum Gasteiger partial charge on any atom is -0.494 e. The van der Waals surface area contributed by atoms with Crippen LogP contribution in [0, 0.1) is 20.2 Å². The number of unbranched alkanes of at least 4 members (excludes halogenated alkanes) is 2. The molecule has 0 aromatic heterocycles. The first-order chi connectivity index (χ1) is 21.9. The molecule has 0 atom stereocenters. The van der Waals surface area contributed by atoms with E-state index in [-0.39, 0.29) is 11.4 Å². The zero-order chi connectivity index (χ0) is 31.6. The Kier molecular flexibility index (Phi) is 9.86. The van der Waals surface area contributed by atoms with Gasteiger partial charge in [0, 0.05) is 64.1 Å². The molecule has 0 radical (unpaired) electrons. The third kappa shape index (κ3) is 8.14. The number of non-ortho nitro benzene ring substituents is 2. The van der Waals surface area contributed by atoms with Crippen LogP contribution < -0.4 is 20.3 Å². The number of nitrogens with one attached hydrogen (secondary N) is 2. The summed E-state index contributed by atoms with van der Waals surface area (Å²) in [6.45, 7) is 2.85. The van der Waals surface area contributed by atoms with Crippen molar-refractivity contribution in [2.75, 3.05) is 22.1 Å². The highest BCUT2D eigenvalue weighted by Gasteiger charge is 2.14. The number of hydrogen-bond acceptors (Lipinski definition) is 8. The Hall–Kier alpha value is -5.90. The van der Waals surface area contributed by atoms with Crippen LogP contribution in [0.25, 0.3) is 0 Å². The largest absolute Gasteiger partial charge is 0.494 e. The Balaban J connectivity index is 1.37. The number of nitro benzene ring substituents is 2. The van der Waals surface area contributed by atoms with Crippen molar-refractivity contribution >= 4 is 51.2 Å². The van der Waals surface area contributed by atoms with Crippen LogP contribution in [0.3, 0.4) is 0 Å². The summed E-state index contributed by atoms with van der Waals surface area (Å²) < 4.78 is 5.93. The maximum Gasteiger partial charge on any atom is 0.269 e. The van der Waals surface area contributed by atoms with Gasteiger partial charge in [0.15, 0.2) is 0 Å². The number of rotatable bonds is 14. The average Bonchev–Trinajstić information content (AvgIpc) is 3.06. The van der Waals surface area contributed by atoms with Gasteiger partial charge in [-0.25, -0.2) is 0 Å². The van der Waals surface area contributed by atoms with Gasteiger partial charge in [0.2, 0.25) is 0 Å². The fourth-order valence-electron chi connectivity index (χ4n) is 4.73. The Morgan fingerprint density at radius 2 is 0.911 bits per heavy atom. The van der Waals surface area contributed by atoms with Gasteiger partial charge in [-0.15, -0.1) is 0 Å². The molecule has 0 aliphatic heterocycles. The second kappa shape index (κ2) is 14.5. The summed E-state index contributed by atoms with van der Waals surface area (Å²) in [5, 5.41) is 28.5. The van der Waals surface area contributed by atoms with Crippen molar-refractivity contribution in [2.24, 2.45) is 0 Å². The first-order valence-corrected chi connectivity index (χ1v) is 14.7. The SMILES string of the molecule is CCCCCOc1ccc(N(c2ccc(Nc3ccc([N+](=O)[O-])cc3)cc2)c2ccc(Nc3ccc([N+](=O)[O-])cc3)cc2)cc1. The van der Waals surface area contributed by atoms with Gasteiger partial charge in [-0.1, -0.05) is 19.8 Å². The van der Waals surface area contributed by atoms with Crippen LogP contribution in [0.1, 0.15) is 26.2 Å². The highest BCUT2D eigenvalue weighted by Crippen LogP contribution is 2.37. The predicted molar refractivity (Wildman–Crippen MR) is 179 cm³/mol. The van der Waals surface area contributed by atoms with E-state index in [2.05, 4.69) is 22.5 Å². The van der Waals surface area contributed by atoms with E-state index in [1.54, 1.807) is 24.3 Å². The topological polar surface area (TPSA) is 123 Å². The molecule has 0 aliphatic rings. The van der Waals surface area contributed by atoms with E-state index in [1.165, 1.54) is 24.3 Å². The molecule has 10 heteroatoms. The molecule has 0 heterocycles. The number of anilines is 7. The average molecular weight is 604 g/mol. The lowest BCUT2D eigenvalue weighted by Gasteiger charge is -2.26. The summed E-state index contributed by atoms with van der Waals surface area (Å²) in [5.41, 5.74) is 6.05. The molecule has 0 spiro atoms. The zero-order valence-corrected chi connectivity index (χ0v) is 24.8. The lowest BCUT2D eigenvalue weighted by atomic mass is 10.1. The number of nitrogens with zero attached hydrogens (tertiary/aromatic N) is 3. The van der Waals surface area contributed by atoms with Crippen LogP contribution in [-0.2, 0) is 0 Å². The van der Waals surface area contributed by atoms with Gasteiger partial charge >= 0.3 is 0 Å². The van der Waals surface area contributed by atoms with E-state index < -0.39 is 9.85 Å². The van der Waals surface area contributed by atoms with Crippen molar-refractivity contribution in [3.63, 3.8) is 0 Å². The standard InChI is InChI=1S/C35H33N5O5/c1-2-3-4-25-45-35-23-21-32(22-24-35)38(30-13-5-26(6-14-30)36-28-9-17-33(18-10-28)39(41)42)31-15-7-27(8-16-31)37-29-11-19-34(20-12-29)40(43)44/h5-24,36-37H,2-4,25H2,1H3. The summed E-state index contributed by atoms with van der Waals surface area (Å²) in [4.78, 5) is 23.2. The van der Waals surface area contributed by atoms with Crippen molar-refractivity contribution in [2.45, 2.75) is 26.2 Å². The molecule has 0 amide bonds. The monoisotopic (exact) mass is 603 g/mol. The summed E-state index contributed by atoms with van der Waals surface area (Å²) in [7, 11) is 0. The van der Waals surface area contributed by atoms with Gasteiger partial charge in [-0.2, -0.15) is 0 Å². The summed E-state index contributed by atoms with van der Waals surface area (Å²) in [5.74, 6) is 0.820. The van der Waals surface area contributed by atoms with E-state index in [1.807, 2.05) is 72.8 Å². The molecule has 0 aliphatic carbocycles. The highest BCUT2D eigenvalue weighted by atomic mass is 16.6. The fourth-order valence-corrected chi connectivity index (χ4v) is 4.73. The van der Waals surface area contributed by atoms with Gasteiger partial charge < -0.3 is 20.3 Å². The summed E-state index contributed by atoms with van der Waals surface area (Å²) >= 11 is 0. The van der Waals surface area contributed by atoms with Crippen molar-refractivity contribution in [1.82, 2.24) is 0 Å². The quantitative estimate of drug-likeness (QED) is 0.0730.